The Morgan fingerprint density at radius 1 is 1.24 bits per heavy atom. The summed E-state index contributed by atoms with van der Waals surface area (Å²) >= 11 is 15.3. The smallest absolute Gasteiger partial charge is 0.251 e. The van der Waals surface area contributed by atoms with Crippen molar-refractivity contribution in [1.82, 2.24) is 5.32 Å². The third-order valence-corrected chi connectivity index (χ3v) is 4.16. The predicted octanol–water partition coefficient (Wildman–Crippen LogP) is 4.83. The zero-order valence-corrected chi connectivity index (χ0v) is 14.3. The molecule has 0 saturated heterocycles. The fourth-order valence-electron chi connectivity index (χ4n) is 1.85. The Morgan fingerprint density at radius 3 is 2.43 bits per heavy atom. The molecule has 0 aromatic heterocycles. The molecule has 110 valence electrons. The normalized spacial score (nSPS) is 12.0. The second-order valence-corrected chi connectivity index (χ2v) is 6.33. The number of hydrogen-bond donors (Lipinski definition) is 2. The third-order valence-electron chi connectivity index (χ3n) is 3.04. The molecule has 0 heterocycles. The number of halogens is 3. The van der Waals surface area contributed by atoms with Gasteiger partial charge in [-0.15, -0.1) is 0 Å². The van der Waals surface area contributed by atoms with Gasteiger partial charge in [-0.2, -0.15) is 0 Å². The summed E-state index contributed by atoms with van der Waals surface area (Å²) in [4.78, 5) is 12.2. The zero-order valence-electron chi connectivity index (χ0n) is 11.2. The van der Waals surface area contributed by atoms with Crippen molar-refractivity contribution in [2.75, 3.05) is 5.73 Å². The van der Waals surface area contributed by atoms with Crippen molar-refractivity contribution >= 4 is 50.7 Å². The average molecular weight is 388 g/mol. The van der Waals surface area contributed by atoms with Gasteiger partial charge in [0.1, 0.15) is 0 Å². The lowest BCUT2D eigenvalue weighted by Crippen LogP contribution is -2.26. The van der Waals surface area contributed by atoms with Gasteiger partial charge in [-0.1, -0.05) is 51.3 Å². The van der Waals surface area contributed by atoms with Crippen LogP contribution in [-0.2, 0) is 0 Å². The van der Waals surface area contributed by atoms with Gasteiger partial charge in [-0.25, -0.2) is 0 Å². The number of benzene rings is 2. The number of hydrogen-bond acceptors (Lipinski definition) is 2. The number of carbonyl (C=O) groups is 1. The first kappa shape index (κ1) is 16.1. The van der Waals surface area contributed by atoms with E-state index in [4.69, 9.17) is 28.9 Å². The van der Waals surface area contributed by atoms with Crippen molar-refractivity contribution in [3.63, 3.8) is 0 Å². The highest BCUT2D eigenvalue weighted by atomic mass is 79.9. The Labute approximate surface area is 141 Å². The van der Waals surface area contributed by atoms with E-state index in [-0.39, 0.29) is 27.7 Å². The molecule has 0 aliphatic carbocycles. The maximum atomic E-state index is 12.2. The molecule has 1 atom stereocenters. The Balaban J connectivity index is 2.18. The van der Waals surface area contributed by atoms with Crippen LogP contribution in [0.25, 0.3) is 0 Å². The minimum atomic E-state index is -0.258. The van der Waals surface area contributed by atoms with Crippen LogP contribution in [0.4, 0.5) is 5.69 Å². The molecule has 2 aromatic rings. The van der Waals surface area contributed by atoms with E-state index in [1.807, 2.05) is 31.2 Å². The summed E-state index contributed by atoms with van der Waals surface area (Å²) in [6.45, 7) is 1.90. The lowest BCUT2D eigenvalue weighted by Gasteiger charge is -2.15. The van der Waals surface area contributed by atoms with Crippen LogP contribution < -0.4 is 11.1 Å². The van der Waals surface area contributed by atoms with E-state index in [9.17, 15) is 4.79 Å². The number of nitrogens with two attached hydrogens (primary N) is 1. The van der Waals surface area contributed by atoms with E-state index < -0.39 is 0 Å². The fraction of sp³-hybridized carbons (Fsp3) is 0.133. The number of carbonyl (C=O) groups excluding carboxylic acids is 1. The molecule has 1 unspecified atom stereocenters. The number of nitrogen functional groups attached to an aromatic ring is 1. The largest absolute Gasteiger partial charge is 0.396 e. The molecule has 0 radical (unpaired) electrons. The van der Waals surface area contributed by atoms with Crippen LogP contribution in [0.1, 0.15) is 28.9 Å². The van der Waals surface area contributed by atoms with Crippen molar-refractivity contribution in [3.05, 3.63) is 62.0 Å². The first-order valence-electron chi connectivity index (χ1n) is 6.19. The van der Waals surface area contributed by atoms with Crippen LogP contribution in [0.3, 0.4) is 0 Å². The Morgan fingerprint density at radius 2 is 1.86 bits per heavy atom. The van der Waals surface area contributed by atoms with Crippen molar-refractivity contribution in [2.45, 2.75) is 13.0 Å². The van der Waals surface area contributed by atoms with E-state index in [0.717, 1.165) is 10.0 Å². The van der Waals surface area contributed by atoms with Crippen molar-refractivity contribution in [3.8, 4) is 0 Å². The van der Waals surface area contributed by atoms with Crippen molar-refractivity contribution in [1.29, 1.82) is 0 Å². The summed E-state index contributed by atoms with van der Waals surface area (Å²) in [5.74, 6) is -0.258. The minimum absolute atomic E-state index is 0.148. The lowest BCUT2D eigenvalue weighted by atomic mass is 10.1. The van der Waals surface area contributed by atoms with Crippen molar-refractivity contribution in [2.24, 2.45) is 0 Å². The fourth-order valence-corrected chi connectivity index (χ4v) is 2.76. The van der Waals surface area contributed by atoms with Gasteiger partial charge in [0.05, 0.1) is 21.8 Å². The molecule has 0 aliphatic rings. The van der Waals surface area contributed by atoms with Gasteiger partial charge in [0.2, 0.25) is 0 Å². The Bertz CT molecular complexity index is 668. The van der Waals surface area contributed by atoms with Crippen LogP contribution in [0, 0.1) is 0 Å². The quantitative estimate of drug-likeness (QED) is 0.741. The molecule has 3 nitrogen and oxygen atoms in total. The van der Waals surface area contributed by atoms with Crippen LogP contribution in [0.15, 0.2) is 40.9 Å². The number of anilines is 1. The van der Waals surface area contributed by atoms with E-state index in [2.05, 4.69) is 21.2 Å². The second-order valence-electron chi connectivity index (χ2n) is 4.60. The maximum Gasteiger partial charge on any atom is 0.251 e. The van der Waals surface area contributed by atoms with Gasteiger partial charge < -0.3 is 11.1 Å². The highest BCUT2D eigenvalue weighted by Gasteiger charge is 2.14. The van der Waals surface area contributed by atoms with Crippen LogP contribution >= 0.6 is 39.1 Å². The molecule has 0 aliphatic heterocycles. The summed E-state index contributed by atoms with van der Waals surface area (Å²) < 4.78 is 0.958. The molecular formula is C15H13BrCl2N2O. The summed E-state index contributed by atoms with van der Waals surface area (Å²) in [6.07, 6.45) is 0. The molecule has 2 aromatic carbocycles. The number of amides is 1. The first-order valence-corrected chi connectivity index (χ1v) is 7.74. The van der Waals surface area contributed by atoms with Crippen LogP contribution in [-0.4, -0.2) is 5.91 Å². The zero-order chi connectivity index (χ0) is 15.6. The van der Waals surface area contributed by atoms with Crippen LogP contribution in [0.5, 0.6) is 0 Å². The third kappa shape index (κ3) is 3.90. The first-order chi connectivity index (χ1) is 9.88. The molecule has 21 heavy (non-hydrogen) atoms. The summed E-state index contributed by atoms with van der Waals surface area (Å²) in [6, 6.07) is 10.6. The highest BCUT2D eigenvalue weighted by Crippen LogP contribution is 2.29. The SMILES string of the molecule is CC(NC(=O)c1cc(Cl)c(N)c(Cl)c1)c1cccc(Br)c1. The van der Waals surface area contributed by atoms with Gasteiger partial charge in [0.15, 0.2) is 0 Å². The standard InChI is InChI=1S/C15H13BrCl2N2O/c1-8(9-3-2-4-11(16)5-9)20-15(21)10-6-12(17)14(19)13(18)7-10/h2-8H,19H2,1H3,(H,20,21). The van der Waals surface area contributed by atoms with Gasteiger partial charge in [-0.3, -0.25) is 4.79 Å². The van der Waals surface area contributed by atoms with Crippen molar-refractivity contribution < 1.29 is 4.79 Å². The second kappa shape index (κ2) is 6.69. The molecule has 1 amide bonds. The number of rotatable bonds is 3. The van der Waals surface area contributed by atoms with E-state index in [1.165, 1.54) is 12.1 Å². The van der Waals surface area contributed by atoms with Gasteiger partial charge in [0.25, 0.3) is 5.91 Å². The molecule has 3 N–H and O–H groups in total. The molecule has 0 bridgehead atoms. The van der Waals surface area contributed by atoms with Gasteiger partial charge in [0, 0.05) is 10.0 Å². The molecule has 6 heteroatoms. The van der Waals surface area contributed by atoms with E-state index in [0.29, 0.717) is 5.56 Å². The molecule has 0 saturated carbocycles. The summed E-state index contributed by atoms with van der Waals surface area (Å²) in [5.41, 5.74) is 7.30. The van der Waals surface area contributed by atoms with Crippen LogP contribution in [0.2, 0.25) is 10.0 Å². The summed E-state index contributed by atoms with van der Waals surface area (Å²) in [7, 11) is 0. The van der Waals surface area contributed by atoms with E-state index >= 15 is 0 Å². The minimum Gasteiger partial charge on any atom is -0.396 e. The van der Waals surface area contributed by atoms with E-state index in [1.54, 1.807) is 0 Å². The Kier molecular flexibility index (Phi) is 5.14. The predicted molar refractivity (Wildman–Crippen MR) is 90.9 cm³/mol. The van der Waals surface area contributed by atoms with Gasteiger partial charge >= 0.3 is 0 Å². The van der Waals surface area contributed by atoms with Gasteiger partial charge in [-0.05, 0) is 36.8 Å². The topological polar surface area (TPSA) is 55.1 Å². The maximum absolute atomic E-state index is 12.2. The molecule has 0 spiro atoms. The summed E-state index contributed by atoms with van der Waals surface area (Å²) in [5, 5.41) is 3.43. The average Bonchev–Trinajstić information content (AvgIpc) is 2.44. The highest BCUT2D eigenvalue weighted by molar-refractivity contribution is 9.10. The number of nitrogens with one attached hydrogen (secondary N) is 1. The molecule has 0 fully saturated rings. The molecule has 2 rings (SSSR count). The Hall–Kier alpha value is -1.23. The molecular weight excluding hydrogens is 375 g/mol. The lowest BCUT2D eigenvalue weighted by molar-refractivity contribution is 0.0940. The monoisotopic (exact) mass is 386 g/mol.